The Morgan fingerprint density at radius 2 is 1.79 bits per heavy atom. The van der Waals surface area contributed by atoms with Gasteiger partial charge in [0.15, 0.2) is 0 Å². The number of nitrogens with zero attached hydrogens (tertiary/aromatic N) is 3. The summed E-state index contributed by atoms with van der Waals surface area (Å²) < 4.78 is 7.81. The lowest BCUT2D eigenvalue weighted by Crippen LogP contribution is -2.14. The van der Waals surface area contributed by atoms with Crippen LogP contribution in [0.25, 0.3) is 11.0 Å². The number of carbonyl (C=O) groups is 1. The van der Waals surface area contributed by atoms with Gasteiger partial charge in [0.2, 0.25) is 11.8 Å². The van der Waals surface area contributed by atoms with Crippen LogP contribution in [0.15, 0.2) is 67.1 Å². The van der Waals surface area contributed by atoms with Gasteiger partial charge in [-0.3, -0.25) is 4.79 Å². The highest BCUT2D eigenvalue weighted by atomic mass is 16.5. The van der Waals surface area contributed by atoms with Crippen molar-refractivity contribution < 1.29 is 9.53 Å². The van der Waals surface area contributed by atoms with E-state index in [0.717, 1.165) is 22.3 Å². The maximum Gasteiger partial charge on any atom is 0.231 e. The summed E-state index contributed by atoms with van der Waals surface area (Å²) in [5.41, 5.74) is 3.69. The molecule has 6 nitrogen and oxygen atoms in total. The van der Waals surface area contributed by atoms with Gasteiger partial charge < -0.3 is 14.6 Å². The van der Waals surface area contributed by atoms with E-state index in [0.29, 0.717) is 18.1 Å². The zero-order chi connectivity index (χ0) is 19.5. The highest BCUT2D eigenvalue weighted by Gasteiger charge is 2.09. The van der Waals surface area contributed by atoms with E-state index in [-0.39, 0.29) is 5.91 Å². The average Bonchev–Trinajstić information content (AvgIpc) is 3.07. The third kappa shape index (κ3) is 3.86. The average molecular weight is 372 g/mol. The number of anilines is 1. The van der Waals surface area contributed by atoms with Crippen LogP contribution in [0.3, 0.4) is 0 Å². The van der Waals surface area contributed by atoms with Crippen LogP contribution < -0.4 is 10.1 Å². The molecule has 2 heterocycles. The second-order valence-corrected chi connectivity index (χ2v) is 6.68. The number of carbonyl (C=O) groups excluding carboxylic acids is 1. The quantitative estimate of drug-likeness (QED) is 0.569. The third-order valence-electron chi connectivity index (χ3n) is 4.46. The van der Waals surface area contributed by atoms with Crippen molar-refractivity contribution in [1.82, 2.24) is 14.5 Å². The first-order chi connectivity index (χ1) is 13.6. The van der Waals surface area contributed by atoms with Gasteiger partial charge in [-0.1, -0.05) is 29.8 Å². The van der Waals surface area contributed by atoms with Gasteiger partial charge in [0, 0.05) is 18.9 Å². The fourth-order valence-electron chi connectivity index (χ4n) is 2.95. The van der Waals surface area contributed by atoms with Crippen LogP contribution >= 0.6 is 0 Å². The van der Waals surface area contributed by atoms with E-state index in [9.17, 15) is 4.79 Å². The van der Waals surface area contributed by atoms with Gasteiger partial charge in [-0.05, 0) is 42.8 Å². The maximum absolute atomic E-state index is 12.2. The van der Waals surface area contributed by atoms with Crippen LogP contribution in [0.1, 0.15) is 11.1 Å². The Kier molecular flexibility index (Phi) is 4.76. The molecule has 0 spiro atoms. The lowest BCUT2D eigenvalue weighted by Gasteiger charge is -2.08. The highest BCUT2D eigenvalue weighted by Crippen LogP contribution is 2.27. The van der Waals surface area contributed by atoms with Gasteiger partial charge in [-0.15, -0.1) is 0 Å². The van der Waals surface area contributed by atoms with E-state index < -0.39 is 0 Å². The van der Waals surface area contributed by atoms with Crippen molar-refractivity contribution in [2.75, 3.05) is 5.32 Å². The molecular formula is C22H20N4O2. The molecule has 4 aromatic rings. The zero-order valence-corrected chi connectivity index (χ0v) is 15.7. The summed E-state index contributed by atoms with van der Waals surface area (Å²) in [6.07, 6.45) is 3.74. The number of hydrogen-bond donors (Lipinski definition) is 1. The SMILES string of the molecule is Cc1ccc(CC(=O)Nc2ccc(Oc3ncnc4c3ccn4C)cc2)cc1. The molecular weight excluding hydrogens is 352 g/mol. The Balaban J connectivity index is 1.42. The van der Waals surface area contributed by atoms with Crippen LogP contribution in [0, 0.1) is 6.92 Å². The lowest BCUT2D eigenvalue weighted by molar-refractivity contribution is -0.115. The number of aryl methyl sites for hydroxylation is 2. The fourth-order valence-corrected chi connectivity index (χ4v) is 2.95. The van der Waals surface area contributed by atoms with E-state index in [1.807, 2.05) is 67.2 Å². The first-order valence-corrected chi connectivity index (χ1v) is 8.98. The number of aromatic nitrogens is 3. The standard InChI is InChI=1S/C22H20N4O2/c1-15-3-5-16(6-4-15)13-20(27)25-17-7-9-18(10-8-17)28-22-19-11-12-26(2)21(19)23-14-24-22/h3-12,14H,13H2,1-2H3,(H,25,27). The van der Waals surface area contributed by atoms with Gasteiger partial charge in [0.05, 0.1) is 11.8 Å². The molecule has 6 heteroatoms. The number of amides is 1. The molecule has 0 aliphatic rings. The van der Waals surface area contributed by atoms with Crippen LogP contribution in [-0.2, 0) is 18.3 Å². The first kappa shape index (κ1) is 17.7. The molecule has 0 aliphatic carbocycles. The summed E-state index contributed by atoms with van der Waals surface area (Å²) in [4.78, 5) is 20.7. The fraction of sp³-hybridized carbons (Fsp3) is 0.136. The number of nitrogens with one attached hydrogen (secondary N) is 1. The second-order valence-electron chi connectivity index (χ2n) is 6.68. The number of ether oxygens (including phenoxy) is 1. The molecule has 0 saturated carbocycles. The Bertz CT molecular complexity index is 1120. The van der Waals surface area contributed by atoms with Gasteiger partial charge in [-0.25, -0.2) is 9.97 Å². The molecule has 0 atom stereocenters. The molecule has 0 bridgehead atoms. The Labute approximate surface area is 162 Å². The zero-order valence-electron chi connectivity index (χ0n) is 15.7. The summed E-state index contributed by atoms with van der Waals surface area (Å²) >= 11 is 0. The molecule has 0 fully saturated rings. The van der Waals surface area contributed by atoms with Crippen molar-refractivity contribution >= 4 is 22.6 Å². The summed E-state index contributed by atoms with van der Waals surface area (Å²) in [6, 6.07) is 17.1. The van der Waals surface area contributed by atoms with Crippen LogP contribution in [0.2, 0.25) is 0 Å². The normalized spacial score (nSPS) is 10.8. The summed E-state index contributed by atoms with van der Waals surface area (Å²) in [5.74, 6) is 1.08. The minimum absolute atomic E-state index is 0.0562. The highest BCUT2D eigenvalue weighted by molar-refractivity contribution is 5.92. The number of rotatable bonds is 5. The molecule has 0 saturated heterocycles. The molecule has 2 aromatic heterocycles. The smallest absolute Gasteiger partial charge is 0.231 e. The van der Waals surface area contributed by atoms with Gasteiger partial charge in [0.25, 0.3) is 0 Å². The predicted molar refractivity (Wildman–Crippen MR) is 109 cm³/mol. The van der Waals surface area contributed by atoms with Crippen molar-refractivity contribution in [2.45, 2.75) is 13.3 Å². The largest absolute Gasteiger partial charge is 0.438 e. The van der Waals surface area contributed by atoms with E-state index in [4.69, 9.17) is 4.74 Å². The third-order valence-corrected chi connectivity index (χ3v) is 4.46. The number of benzene rings is 2. The minimum atomic E-state index is -0.0562. The van der Waals surface area contributed by atoms with Crippen molar-refractivity contribution in [2.24, 2.45) is 7.05 Å². The summed E-state index contributed by atoms with van der Waals surface area (Å²) in [7, 11) is 1.92. The van der Waals surface area contributed by atoms with Crippen molar-refractivity contribution in [3.63, 3.8) is 0 Å². The first-order valence-electron chi connectivity index (χ1n) is 8.98. The molecule has 1 amide bonds. The summed E-state index contributed by atoms with van der Waals surface area (Å²) in [6.45, 7) is 2.03. The molecule has 0 aliphatic heterocycles. The van der Waals surface area contributed by atoms with E-state index >= 15 is 0 Å². The van der Waals surface area contributed by atoms with Crippen molar-refractivity contribution in [1.29, 1.82) is 0 Å². The topological polar surface area (TPSA) is 69.0 Å². The van der Waals surface area contributed by atoms with Gasteiger partial charge >= 0.3 is 0 Å². The van der Waals surface area contributed by atoms with Crippen LogP contribution in [0.5, 0.6) is 11.6 Å². The monoisotopic (exact) mass is 372 g/mol. The molecule has 0 radical (unpaired) electrons. The molecule has 140 valence electrons. The van der Waals surface area contributed by atoms with E-state index in [2.05, 4.69) is 15.3 Å². The van der Waals surface area contributed by atoms with Gasteiger partial charge in [-0.2, -0.15) is 0 Å². The number of hydrogen-bond acceptors (Lipinski definition) is 4. The van der Waals surface area contributed by atoms with Crippen LogP contribution in [-0.4, -0.2) is 20.4 Å². The van der Waals surface area contributed by atoms with Gasteiger partial charge in [0.1, 0.15) is 17.7 Å². The summed E-state index contributed by atoms with van der Waals surface area (Å²) in [5, 5.41) is 3.75. The molecule has 0 unspecified atom stereocenters. The Morgan fingerprint density at radius 3 is 2.54 bits per heavy atom. The maximum atomic E-state index is 12.2. The van der Waals surface area contributed by atoms with Crippen molar-refractivity contribution in [3.8, 4) is 11.6 Å². The Hall–Kier alpha value is -3.67. The van der Waals surface area contributed by atoms with E-state index in [1.54, 1.807) is 12.1 Å². The van der Waals surface area contributed by atoms with Crippen molar-refractivity contribution in [3.05, 3.63) is 78.2 Å². The molecule has 1 N–H and O–H groups in total. The molecule has 2 aromatic carbocycles. The van der Waals surface area contributed by atoms with E-state index in [1.165, 1.54) is 11.9 Å². The molecule has 4 rings (SSSR count). The lowest BCUT2D eigenvalue weighted by atomic mass is 10.1. The number of fused-ring (bicyclic) bond motifs is 1. The Morgan fingerprint density at radius 1 is 1.04 bits per heavy atom. The second kappa shape index (κ2) is 7.52. The predicted octanol–water partition coefficient (Wildman–Crippen LogP) is 4.25. The van der Waals surface area contributed by atoms with Crippen LogP contribution in [0.4, 0.5) is 5.69 Å². The molecule has 28 heavy (non-hydrogen) atoms. The minimum Gasteiger partial charge on any atom is -0.438 e.